The third kappa shape index (κ3) is 2.23. The molecule has 2 heteroatoms. The zero-order chi connectivity index (χ0) is 10.5. The monoisotopic (exact) mass is 197 g/mol. The maximum Gasteiger partial charge on any atom is 0.219 e. The largest absolute Gasteiger partial charge is 0.437 e. The van der Waals surface area contributed by atoms with Crippen LogP contribution in [0.4, 0.5) is 0 Å². The van der Waals surface area contributed by atoms with Gasteiger partial charge in [-0.15, -0.1) is 0 Å². The summed E-state index contributed by atoms with van der Waals surface area (Å²) < 4.78 is 5.53. The molecule has 0 radical (unpaired) electrons. The van der Waals surface area contributed by atoms with Crippen LogP contribution >= 0.6 is 0 Å². The summed E-state index contributed by atoms with van der Waals surface area (Å²) in [5.41, 5.74) is 1.03. The van der Waals surface area contributed by atoms with Crippen LogP contribution in [0.3, 0.4) is 0 Å². The van der Waals surface area contributed by atoms with Gasteiger partial charge in [0.15, 0.2) is 5.76 Å². The molecule has 15 heavy (non-hydrogen) atoms. The minimum atomic E-state index is 0.591. The minimum absolute atomic E-state index is 0.591. The Labute approximate surface area is 88.6 Å². The quantitative estimate of drug-likeness (QED) is 0.703. The van der Waals surface area contributed by atoms with Crippen LogP contribution < -0.4 is 0 Å². The predicted octanol–water partition coefficient (Wildman–Crippen LogP) is 3.54. The Morgan fingerprint density at radius 3 is 2.73 bits per heavy atom. The van der Waals surface area contributed by atoms with Gasteiger partial charge in [-0.05, 0) is 0 Å². The Kier molecular flexibility index (Phi) is 2.79. The summed E-state index contributed by atoms with van der Waals surface area (Å²) in [6, 6.07) is 9.88. The Morgan fingerprint density at radius 1 is 1.20 bits per heavy atom. The van der Waals surface area contributed by atoms with Gasteiger partial charge in [0.25, 0.3) is 0 Å². The van der Waals surface area contributed by atoms with E-state index >= 15 is 0 Å². The van der Waals surface area contributed by atoms with E-state index < -0.39 is 0 Å². The highest BCUT2D eigenvalue weighted by atomic mass is 16.4. The number of allylic oxidation sites excluding steroid dienone is 2. The Hall–Kier alpha value is -2.09. The summed E-state index contributed by atoms with van der Waals surface area (Å²) in [6.45, 7) is 3.58. The predicted molar refractivity (Wildman–Crippen MR) is 61.2 cm³/mol. The highest BCUT2D eigenvalue weighted by Gasteiger charge is 2.02. The third-order valence-corrected chi connectivity index (χ3v) is 1.96. The molecule has 1 aromatic carbocycles. The second-order valence-electron chi connectivity index (χ2n) is 3.02. The lowest BCUT2D eigenvalue weighted by atomic mass is 10.2. The fourth-order valence-corrected chi connectivity index (χ4v) is 1.25. The van der Waals surface area contributed by atoms with Gasteiger partial charge >= 0.3 is 0 Å². The van der Waals surface area contributed by atoms with Crippen molar-refractivity contribution >= 4 is 6.08 Å². The number of rotatable bonds is 3. The van der Waals surface area contributed by atoms with Crippen LogP contribution in [-0.4, -0.2) is 4.98 Å². The van der Waals surface area contributed by atoms with Gasteiger partial charge in [0, 0.05) is 11.6 Å². The fourth-order valence-electron chi connectivity index (χ4n) is 1.25. The molecule has 1 heterocycles. The number of aromatic nitrogens is 1. The Bertz CT molecular complexity index is 468. The zero-order valence-corrected chi connectivity index (χ0v) is 8.26. The van der Waals surface area contributed by atoms with Crippen LogP contribution in [0.25, 0.3) is 17.4 Å². The van der Waals surface area contributed by atoms with Crippen molar-refractivity contribution in [1.29, 1.82) is 0 Å². The van der Waals surface area contributed by atoms with E-state index in [1.165, 1.54) is 0 Å². The van der Waals surface area contributed by atoms with Crippen LogP contribution in [0.1, 0.15) is 5.89 Å². The molecule has 0 N–H and O–H groups in total. The van der Waals surface area contributed by atoms with Gasteiger partial charge in [0.05, 0.1) is 6.20 Å². The van der Waals surface area contributed by atoms with Crippen LogP contribution in [0.2, 0.25) is 0 Å². The first-order chi connectivity index (χ1) is 7.40. The van der Waals surface area contributed by atoms with E-state index in [1.807, 2.05) is 30.3 Å². The molecule has 2 nitrogen and oxygen atoms in total. The van der Waals surface area contributed by atoms with E-state index in [9.17, 15) is 0 Å². The summed E-state index contributed by atoms with van der Waals surface area (Å²) >= 11 is 0. The maximum atomic E-state index is 5.53. The van der Waals surface area contributed by atoms with Crippen LogP contribution in [-0.2, 0) is 0 Å². The van der Waals surface area contributed by atoms with Crippen molar-refractivity contribution < 1.29 is 4.42 Å². The van der Waals surface area contributed by atoms with E-state index in [0.29, 0.717) is 5.89 Å². The van der Waals surface area contributed by atoms with E-state index in [1.54, 1.807) is 24.4 Å². The van der Waals surface area contributed by atoms with Gasteiger partial charge < -0.3 is 4.42 Å². The molecule has 0 aliphatic heterocycles. The van der Waals surface area contributed by atoms with Crippen molar-refractivity contribution in [3.8, 4) is 11.3 Å². The molecule has 0 fully saturated rings. The molecule has 0 aliphatic rings. The third-order valence-electron chi connectivity index (χ3n) is 1.96. The fraction of sp³-hybridized carbons (Fsp3) is 0. The van der Waals surface area contributed by atoms with Crippen molar-refractivity contribution in [3.05, 3.63) is 61.2 Å². The Morgan fingerprint density at radius 2 is 2.00 bits per heavy atom. The maximum absolute atomic E-state index is 5.53. The van der Waals surface area contributed by atoms with Gasteiger partial charge in [-0.2, -0.15) is 0 Å². The topological polar surface area (TPSA) is 26.0 Å². The number of hydrogen-bond donors (Lipinski definition) is 0. The smallest absolute Gasteiger partial charge is 0.219 e. The number of oxazole rings is 1. The highest BCUT2D eigenvalue weighted by Crippen LogP contribution is 2.19. The van der Waals surface area contributed by atoms with Crippen molar-refractivity contribution in [2.45, 2.75) is 0 Å². The summed E-state index contributed by atoms with van der Waals surface area (Å²) in [7, 11) is 0. The standard InChI is InChI=1S/C13H11NO/c1-2-3-9-13-14-10-12(15-13)11-7-5-4-6-8-11/h2-10H,1H2/b9-3+. The van der Waals surface area contributed by atoms with Gasteiger partial charge in [-0.3, -0.25) is 0 Å². The van der Waals surface area contributed by atoms with Gasteiger partial charge in [-0.25, -0.2) is 4.98 Å². The minimum Gasteiger partial charge on any atom is -0.437 e. The summed E-state index contributed by atoms with van der Waals surface area (Å²) in [5.74, 6) is 1.37. The molecule has 1 aromatic heterocycles. The average Bonchev–Trinajstić information content (AvgIpc) is 2.76. The molecule has 0 atom stereocenters. The molecule has 74 valence electrons. The lowest BCUT2D eigenvalue weighted by Crippen LogP contribution is -1.70. The molecule has 2 rings (SSSR count). The highest BCUT2D eigenvalue weighted by molar-refractivity contribution is 5.57. The zero-order valence-electron chi connectivity index (χ0n) is 8.26. The molecule has 0 spiro atoms. The van der Waals surface area contributed by atoms with Crippen LogP contribution in [0.15, 0.2) is 59.7 Å². The summed E-state index contributed by atoms with van der Waals surface area (Å²) in [4.78, 5) is 4.13. The molecule has 0 bridgehead atoms. The molecule has 2 aromatic rings. The number of benzene rings is 1. The molecule has 0 unspecified atom stereocenters. The number of hydrogen-bond acceptors (Lipinski definition) is 2. The summed E-state index contributed by atoms with van der Waals surface area (Å²) in [6.07, 6.45) is 6.98. The van der Waals surface area contributed by atoms with Gasteiger partial charge in [0.1, 0.15) is 0 Å². The summed E-state index contributed by atoms with van der Waals surface area (Å²) in [5, 5.41) is 0. The van der Waals surface area contributed by atoms with Crippen LogP contribution in [0.5, 0.6) is 0 Å². The molecular weight excluding hydrogens is 186 g/mol. The molecule has 0 aliphatic carbocycles. The molecule has 0 saturated carbocycles. The van der Waals surface area contributed by atoms with Crippen molar-refractivity contribution in [3.63, 3.8) is 0 Å². The molecular formula is C13H11NO. The first-order valence-corrected chi connectivity index (χ1v) is 4.70. The molecule has 0 amide bonds. The molecule has 0 saturated heterocycles. The first kappa shape index (κ1) is 9.46. The van der Waals surface area contributed by atoms with E-state index in [4.69, 9.17) is 4.42 Å². The SMILES string of the molecule is C=C/C=C/c1ncc(-c2ccccc2)o1. The van der Waals surface area contributed by atoms with Crippen molar-refractivity contribution in [2.24, 2.45) is 0 Å². The van der Waals surface area contributed by atoms with Gasteiger partial charge in [0.2, 0.25) is 5.89 Å². The first-order valence-electron chi connectivity index (χ1n) is 4.70. The normalized spacial score (nSPS) is 10.7. The van der Waals surface area contributed by atoms with Crippen molar-refractivity contribution in [2.75, 3.05) is 0 Å². The second kappa shape index (κ2) is 4.42. The van der Waals surface area contributed by atoms with E-state index in [0.717, 1.165) is 11.3 Å². The van der Waals surface area contributed by atoms with Gasteiger partial charge in [-0.1, -0.05) is 49.1 Å². The van der Waals surface area contributed by atoms with Crippen molar-refractivity contribution in [1.82, 2.24) is 4.98 Å². The average molecular weight is 197 g/mol. The van der Waals surface area contributed by atoms with E-state index in [2.05, 4.69) is 11.6 Å². The van der Waals surface area contributed by atoms with E-state index in [-0.39, 0.29) is 0 Å². The van der Waals surface area contributed by atoms with Crippen LogP contribution in [0, 0.1) is 0 Å². The lowest BCUT2D eigenvalue weighted by molar-refractivity contribution is 0.560. The number of nitrogens with zero attached hydrogens (tertiary/aromatic N) is 1. The second-order valence-corrected chi connectivity index (χ2v) is 3.02. The Balaban J connectivity index is 2.28. The lowest BCUT2D eigenvalue weighted by Gasteiger charge is -1.92.